The van der Waals surface area contributed by atoms with Gasteiger partial charge in [0.15, 0.2) is 0 Å². The molecule has 1 aromatic carbocycles. The number of halogens is 3. The van der Waals surface area contributed by atoms with Crippen LogP contribution in [-0.4, -0.2) is 36.1 Å². The first-order valence-corrected chi connectivity index (χ1v) is 6.99. The summed E-state index contributed by atoms with van der Waals surface area (Å²) in [5.41, 5.74) is 1.61. The van der Waals surface area contributed by atoms with Crippen molar-refractivity contribution in [3.8, 4) is 0 Å². The molecule has 1 aliphatic rings. The molecule has 0 aliphatic carbocycles. The standard InChI is InChI=1S/C15H19F3N2O/c1-10(2)20(9-15(16,17)18)14(21)12-7-8-19-13-6-4-3-5-11(12)13/h3-6,10,12,19H,7-9H2,1-2H3. The molecule has 2 rings (SSSR count). The SMILES string of the molecule is CC(C)N(CC(F)(F)F)C(=O)C1CCNc2ccccc21. The van der Waals surface area contributed by atoms with E-state index in [-0.39, 0.29) is 0 Å². The third-order valence-corrected chi connectivity index (χ3v) is 3.64. The number of carbonyl (C=O) groups is 1. The molecule has 116 valence electrons. The Morgan fingerprint density at radius 2 is 2.05 bits per heavy atom. The second-order valence-electron chi connectivity index (χ2n) is 5.53. The Labute approximate surface area is 122 Å². The van der Waals surface area contributed by atoms with E-state index in [4.69, 9.17) is 0 Å². The molecule has 21 heavy (non-hydrogen) atoms. The van der Waals surface area contributed by atoms with Crippen LogP contribution in [0.1, 0.15) is 31.7 Å². The quantitative estimate of drug-likeness (QED) is 0.928. The molecule has 1 unspecified atom stereocenters. The van der Waals surface area contributed by atoms with E-state index in [2.05, 4.69) is 5.32 Å². The number of rotatable bonds is 3. The number of nitrogens with zero attached hydrogens (tertiary/aromatic N) is 1. The summed E-state index contributed by atoms with van der Waals surface area (Å²) in [5, 5.41) is 3.17. The maximum atomic E-state index is 12.7. The van der Waals surface area contributed by atoms with E-state index in [1.807, 2.05) is 12.1 Å². The second kappa shape index (κ2) is 5.95. The fourth-order valence-electron chi connectivity index (χ4n) is 2.63. The average molecular weight is 300 g/mol. The number of amides is 1. The van der Waals surface area contributed by atoms with Crippen LogP contribution < -0.4 is 5.32 Å². The Kier molecular flexibility index (Phi) is 4.44. The Balaban J connectivity index is 2.26. The van der Waals surface area contributed by atoms with Crippen LogP contribution in [0.3, 0.4) is 0 Å². The van der Waals surface area contributed by atoms with Gasteiger partial charge in [0.05, 0.1) is 5.92 Å². The van der Waals surface area contributed by atoms with Gasteiger partial charge < -0.3 is 10.2 Å². The molecule has 1 aromatic rings. The van der Waals surface area contributed by atoms with Crippen LogP contribution in [0, 0.1) is 0 Å². The summed E-state index contributed by atoms with van der Waals surface area (Å²) < 4.78 is 38.0. The first-order chi connectivity index (χ1) is 9.79. The zero-order valence-corrected chi connectivity index (χ0v) is 12.1. The number of hydrogen-bond donors (Lipinski definition) is 1. The monoisotopic (exact) mass is 300 g/mol. The maximum absolute atomic E-state index is 12.7. The Morgan fingerprint density at radius 3 is 2.67 bits per heavy atom. The molecule has 0 radical (unpaired) electrons. The highest BCUT2D eigenvalue weighted by Crippen LogP contribution is 2.33. The van der Waals surface area contributed by atoms with E-state index in [1.165, 1.54) is 0 Å². The van der Waals surface area contributed by atoms with Crippen LogP contribution in [0.4, 0.5) is 18.9 Å². The van der Waals surface area contributed by atoms with Gasteiger partial charge in [-0.05, 0) is 31.9 Å². The van der Waals surface area contributed by atoms with Crippen LogP contribution in [0.25, 0.3) is 0 Å². The van der Waals surface area contributed by atoms with Crippen LogP contribution >= 0.6 is 0 Å². The summed E-state index contributed by atoms with van der Waals surface area (Å²) in [5.74, 6) is -0.955. The van der Waals surface area contributed by atoms with E-state index < -0.39 is 30.6 Å². The lowest BCUT2D eigenvalue weighted by atomic mass is 9.89. The van der Waals surface area contributed by atoms with Crippen molar-refractivity contribution in [3.05, 3.63) is 29.8 Å². The van der Waals surface area contributed by atoms with Crippen LogP contribution in [-0.2, 0) is 4.79 Å². The van der Waals surface area contributed by atoms with Gasteiger partial charge in [-0.25, -0.2) is 0 Å². The third kappa shape index (κ3) is 3.68. The number of nitrogens with one attached hydrogen (secondary N) is 1. The van der Waals surface area contributed by atoms with Gasteiger partial charge in [0, 0.05) is 18.3 Å². The zero-order valence-electron chi connectivity index (χ0n) is 12.1. The molecule has 6 heteroatoms. The predicted molar refractivity (Wildman–Crippen MR) is 75.2 cm³/mol. The van der Waals surface area contributed by atoms with Crippen LogP contribution in [0.15, 0.2) is 24.3 Å². The Bertz CT molecular complexity index is 514. The molecule has 0 saturated heterocycles. The van der Waals surface area contributed by atoms with Crippen molar-refractivity contribution in [1.29, 1.82) is 0 Å². The highest BCUT2D eigenvalue weighted by Gasteiger charge is 2.38. The van der Waals surface area contributed by atoms with Crippen molar-refractivity contribution in [3.63, 3.8) is 0 Å². The first-order valence-electron chi connectivity index (χ1n) is 6.99. The summed E-state index contributed by atoms with van der Waals surface area (Å²) in [4.78, 5) is 13.5. The molecule has 0 spiro atoms. The minimum Gasteiger partial charge on any atom is -0.385 e. The molecule has 1 atom stereocenters. The number of carbonyl (C=O) groups excluding carboxylic acids is 1. The van der Waals surface area contributed by atoms with E-state index in [9.17, 15) is 18.0 Å². The Morgan fingerprint density at radius 1 is 1.38 bits per heavy atom. The van der Waals surface area contributed by atoms with Gasteiger partial charge >= 0.3 is 6.18 Å². The molecule has 0 saturated carbocycles. The van der Waals surface area contributed by atoms with Crippen LogP contribution in [0.5, 0.6) is 0 Å². The van der Waals surface area contributed by atoms with Crippen molar-refractivity contribution in [2.75, 3.05) is 18.4 Å². The molecule has 0 bridgehead atoms. The van der Waals surface area contributed by atoms with Crippen molar-refractivity contribution in [1.82, 2.24) is 4.90 Å². The van der Waals surface area contributed by atoms with Gasteiger partial charge in [-0.2, -0.15) is 13.2 Å². The number of fused-ring (bicyclic) bond motifs is 1. The summed E-state index contributed by atoms with van der Waals surface area (Å²) in [6.45, 7) is 2.61. The number of benzene rings is 1. The topological polar surface area (TPSA) is 32.3 Å². The molecular weight excluding hydrogens is 281 g/mol. The van der Waals surface area contributed by atoms with Crippen LogP contribution in [0.2, 0.25) is 0 Å². The third-order valence-electron chi connectivity index (χ3n) is 3.64. The van der Waals surface area contributed by atoms with Crippen molar-refractivity contribution < 1.29 is 18.0 Å². The summed E-state index contributed by atoms with van der Waals surface area (Å²) in [6.07, 6.45) is -3.87. The number of hydrogen-bond acceptors (Lipinski definition) is 2. The number of alkyl halides is 3. The second-order valence-corrected chi connectivity index (χ2v) is 5.53. The molecule has 3 nitrogen and oxygen atoms in total. The number of anilines is 1. The van der Waals surface area contributed by atoms with E-state index in [0.717, 1.165) is 16.2 Å². The normalized spacial score (nSPS) is 18.1. The average Bonchev–Trinajstić information content (AvgIpc) is 2.42. The van der Waals surface area contributed by atoms with Gasteiger partial charge in [-0.3, -0.25) is 4.79 Å². The number of para-hydroxylation sites is 1. The van der Waals surface area contributed by atoms with E-state index >= 15 is 0 Å². The fourth-order valence-corrected chi connectivity index (χ4v) is 2.63. The van der Waals surface area contributed by atoms with Crippen molar-refractivity contribution >= 4 is 11.6 Å². The maximum Gasteiger partial charge on any atom is 0.406 e. The molecule has 1 heterocycles. The predicted octanol–water partition coefficient (Wildman–Crippen LogP) is 3.39. The van der Waals surface area contributed by atoms with Crippen molar-refractivity contribution in [2.24, 2.45) is 0 Å². The molecule has 1 N–H and O–H groups in total. The lowest BCUT2D eigenvalue weighted by molar-refractivity contribution is -0.165. The summed E-state index contributed by atoms with van der Waals surface area (Å²) in [7, 11) is 0. The minimum absolute atomic E-state index is 0.448. The highest BCUT2D eigenvalue weighted by atomic mass is 19.4. The van der Waals surface area contributed by atoms with Gasteiger partial charge in [-0.1, -0.05) is 18.2 Å². The lowest BCUT2D eigenvalue weighted by Crippen LogP contribution is -2.46. The fraction of sp³-hybridized carbons (Fsp3) is 0.533. The van der Waals surface area contributed by atoms with E-state index in [1.54, 1.807) is 26.0 Å². The van der Waals surface area contributed by atoms with Gasteiger partial charge in [0.2, 0.25) is 5.91 Å². The Hall–Kier alpha value is -1.72. The smallest absolute Gasteiger partial charge is 0.385 e. The molecule has 1 aliphatic heterocycles. The highest BCUT2D eigenvalue weighted by molar-refractivity contribution is 5.86. The minimum atomic E-state index is -4.38. The van der Waals surface area contributed by atoms with Crippen molar-refractivity contribution in [2.45, 2.75) is 38.4 Å². The molecular formula is C15H19F3N2O. The van der Waals surface area contributed by atoms with Gasteiger partial charge in [0.1, 0.15) is 6.54 Å². The molecule has 1 amide bonds. The van der Waals surface area contributed by atoms with E-state index in [0.29, 0.717) is 13.0 Å². The van der Waals surface area contributed by atoms with Gasteiger partial charge in [0.25, 0.3) is 0 Å². The lowest BCUT2D eigenvalue weighted by Gasteiger charge is -2.34. The molecule has 0 fully saturated rings. The summed E-state index contributed by atoms with van der Waals surface area (Å²) >= 11 is 0. The largest absolute Gasteiger partial charge is 0.406 e. The first kappa shape index (κ1) is 15.7. The zero-order chi connectivity index (χ0) is 15.6. The molecule has 0 aromatic heterocycles. The van der Waals surface area contributed by atoms with Gasteiger partial charge in [-0.15, -0.1) is 0 Å². The summed E-state index contributed by atoms with van der Waals surface area (Å²) in [6, 6.07) is 6.81.